The molecule has 1 aliphatic rings. The number of carbonyl (C=O) groups is 2. The van der Waals surface area contributed by atoms with E-state index in [1.165, 1.54) is 7.05 Å². The van der Waals surface area contributed by atoms with Gasteiger partial charge >= 0.3 is 6.43 Å². The molecule has 4 rings (SSSR count). The summed E-state index contributed by atoms with van der Waals surface area (Å²) in [4.78, 5) is 30.4. The summed E-state index contributed by atoms with van der Waals surface area (Å²) < 4.78 is 25.5. The van der Waals surface area contributed by atoms with Crippen LogP contribution in [0.5, 0.6) is 0 Å². The third-order valence-electron chi connectivity index (χ3n) is 7.53. The van der Waals surface area contributed by atoms with Gasteiger partial charge in [0, 0.05) is 36.2 Å². The zero-order chi connectivity index (χ0) is 28.2. The topological polar surface area (TPSA) is 88.3 Å². The molecule has 1 fully saturated rings. The van der Waals surface area contributed by atoms with Gasteiger partial charge in [0.25, 0.3) is 5.91 Å². The van der Waals surface area contributed by atoms with E-state index in [1.54, 1.807) is 6.20 Å². The number of halogens is 2. The number of hydrogen-bond acceptors (Lipinski definition) is 4. The molecule has 1 aliphatic carbocycles. The summed E-state index contributed by atoms with van der Waals surface area (Å²) in [5.74, 6) is -1.11. The number of alkyl halides is 2. The second-order valence-corrected chi connectivity index (χ2v) is 11.0. The minimum atomic E-state index is -2.99. The molecule has 0 spiro atoms. The Kier molecular flexibility index (Phi) is 8.75. The lowest BCUT2D eigenvalue weighted by Gasteiger charge is -2.34. The Balaban J connectivity index is 1.46. The van der Waals surface area contributed by atoms with E-state index in [0.717, 1.165) is 32.8 Å². The predicted molar refractivity (Wildman–Crippen MR) is 150 cm³/mol. The Morgan fingerprint density at radius 1 is 1.03 bits per heavy atom. The lowest BCUT2D eigenvalue weighted by molar-refractivity contribution is -0.144. The highest BCUT2D eigenvalue weighted by Gasteiger charge is 2.30. The second kappa shape index (κ2) is 12.0. The largest absolute Gasteiger partial charge is 0.338 e. The van der Waals surface area contributed by atoms with Crippen LogP contribution in [0.4, 0.5) is 14.5 Å². The highest BCUT2D eigenvalue weighted by molar-refractivity contribution is 5.93. The number of nitrogens with one attached hydrogen (secondary N) is 1. The summed E-state index contributed by atoms with van der Waals surface area (Å²) in [7, 11) is 1.43. The normalized spacial score (nSPS) is 17.6. The smallest absolute Gasteiger partial charge is 0.315 e. The van der Waals surface area contributed by atoms with Crippen molar-refractivity contribution in [1.29, 1.82) is 0 Å². The van der Waals surface area contributed by atoms with E-state index in [9.17, 15) is 18.4 Å². The number of rotatable bonds is 8. The molecule has 0 saturated heterocycles. The van der Waals surface area contributed by atoms with E-state index in [0.29, 0.717) is 37.8 Å². The third kappa shape index (κ3) is 7.06. The SMILES string of the molecule is CN(C(=O)C(F)F)C1CCC(CC(=O)Nc2cnc(-c3ccc(C(C)(C)N)cc3)c(-c3ccccc3)c2)CC1. The maximum atomic E-state index is 12.9. The van der Waals surface area contributed by atoms with Gasteiger partial charge in [0.15, 0.2) is 0 Å². The van der Waals surface area contributed by atoms with Crippen molar-refractivity contribution in [2.75, 3.05) is 12.4 Å². The molecule has 0 radical (unpaired) electrons. The minimum Gasteiger partial charge on any atom is -0.338 e. The molecule has 2 aromatic carbocycles. The van der Waals surface area contributed by atoms with E-state index < -0.39 is 17.9 Å². The van der Waals surface area contributed by atoms with Crippen molar-refractivity contribution in [3.8, 4) is 22.4 Å². The molecule has 0 bridgehead atoms. The summed E-state index contributed by atoms with van der Waals surface area (Å²) in [6.07, 6.45) is 1.65. The van der Waals surface area contributed by atoms with Crippen LogP contribution in [0.3, 0.4) is 0 Å². The van der Waals surface area contributed by atoms with Crippen molar-refractivity contribution in [2.45, 2.75) is 64.0 Å². The van der Waals surface area contributed by atoms with Crippen LogP contribution in [0.2, 0.25) is 0 Å². The van der Waals surface area contributed by atoms with Crippen LogP contribution in [0, 0.1) is 5.92 Å². The standard InChI is InChI=1S/C31H36F2N4O2/c1-31(2,34)23-13-11-22(12-14-23)28-26(21-7-5-4-6-8-21)18-24(19-35-28)36-27(38)17-20-9-15-25(16-10-20)37(3)30(39)29(32)33/h4-8,11-14,18-20,25,29H,9-10,15-17,34H2,1-3H3,(H,36,38). The van der Waals surface area contributed by atoms with Crippen LogP contribution in [0.25, 0.3) is 22.4 Å². The van der Waals surface area contributed by atoms with Gasteiger partial charge in [0.05, 0.1) is 17.6 Å². The average molecular weight is 535 g/mol. The van der Waals surface area contributed by atoms with Crippen LogP contribution in [0.1, 0.15) is 51.5 Å². The molecule has 1 saturated carbocycles. The maximum absolute atomic E-state index is 12.9. The molecule has 3 aromatic rings. The first kappa shape index (κ1) is 28.4. The van der Waals surface area contributed by atoms with Gasteiger partial charge in [-0.3, -0.25) is 14.6 Å². The second-order valence-electron chi connectivity index (χ2n) is 11.0. The zero-order valence-electron chi connectivity index (χ0n) is 22.7. The molecule has 2 amide bonds. The fraction of sp³-hybridized carbons (Fsp3) is 0.387. The molecular formula is C31H36F2N4O2. The van der Waals surface area contributed by atoms with E-state index in [-0.39, 0.29) is 17.9 Å². The number of pyridine rings is 1. The highest BCUT2D eigenvalue weighted by atomic mass is 19.3. The lowest BCUT2D eigenvalue weighted by Crippen LogP contribution is -2.42. The predicted octanol–water partition coefficient (Wildman–Crippen LogP) is 6.22. The van der Waals surface area contributed by atoms with E-state index >= 15 is 0 Å². The first-order chi connectivity index (χ1) is 18.5. The number of amides is 2. The molecule has 0 aliphatic heterocycles. The van der Waals surface area contributed by atoms with Gasteiger partial charge in [0.2, 0.25) is 5.91 Å². The fourth-order valence-electron chi connectivity index (χ4n) is 5.20. The highest BCUT2D eigenvalue weighted by Crippen LogP contribution is 2.34. The van der Waals surface area contributed by atoms with Crippen molar-refractivity contribution in [2.24, 2.45) is 11.7 Å². The van der Waals surface area contributed by atoms with Gasteiger partial charge in [-0.25, -0.2) is 0 Å². The van der Waals surface area contributed by atoms with Gasteiger partial charge in [-0.05, 0) is 62.6 Å². The Labute approximate surface area is 228 Å². The summed E-state index contributed by atoms with van der Waals surface area (Å²) in [6, 6.07) is 19.7. The Morgan fingerprint density at radius 2 is 1.67 bits per heavy atom. The van der Waals surface area contributed by atoms with Gasteiger partial charge < -0.3 is 16.0 Å². The van der Waals surface area contributed by atoms with Crippen LogP contribution >= 0.6 is 0 Å². The van der Waals surface area contributed by atoms with Crippen LogP contribution in [-0.4, -0.2) is 41.2 Å². The van der Waals surface area contributed by atoms with E-state index in [2.05, 4.69) is 5.32 Å². The Bertz CT molecular complexity index is 1280. The molecule has 3 N–H and O–H groups in total. The van der Waals surface area contributed by atoms with E-state index in [1.807, 2.05) is 74.5 Å². The third-order valence-corrected chi connectivity index (χ3v) is 7.53. The Morgan fingerprint density at radius 3 is 2.26 bits per heavy atom. The van der Waals surface area contributed by atoms with Gasteiger partial charge in [-0.1, -0.05) is 54.6 Å². The molecule has 39 heavy (non-hydrogen) atoms. The lowest BCUT2D eigenvalue weighted by atomic mass is 9.83. The van der Waals surface area contributed by atoms with Gasteiger partial charge in [-0.15, -0.1) is 0 Å². The summed E-state index contributed by atoms with van der Waals surface area (Å²) in [5.41, 5.74) is 11.1. The van der Waals surface area contributed by atoms with Crippen LogP contribution in [-0.2, 0) is 15.1 Å². The number of anilines is 1. The number of hydrogen-bond donors (Lipinski definition) is 2. The van der Waals surface area contributed by atoms with Crippen molar-refractivity contribution in [3.05, 3.63) is 72.4 Å². The van der Waals surface area contributed by atoms with Crippen molar-refractivity contribution >= 4 is 17.5 Å². The monoisotopic (exact) mass is 534 g/mol. The molecule has 0 unspecified atom stereocenters. The fourth-order valence-corrected chi connectivity index (χ4v) is 5.20. The minimum absolute atomic E-state index is 0.112. The first-order valence-corrected chi connectivity index (χ1v) is 13.3. The number of benzene rings is 2. The maximum Gasteiger partial charge on any atom is 0.315 e. The Hall–Kier alpha value is -3.65. The van der Waals surface area contributed by atoms with Crippen molar-refractivity contribution < 1.29 is 18.4 Å². The number of aromatic nitrogens is 1. The summed E-state index contributed by atoms with van der Waals surface area (Å²) in [5, 5.41) is 2.99. The first-order valence-electron chi connectivity index (χ1n) is 13.3. The molecular weight excluding hydrogens is 498 g/mol. The van der Waals surface area contributed by atoms with Crippen molar-refractivity contribution in [1.82, 2.24) is 9.88 Å². The molecule has 1 aromatic heterocycles. The number of nitrogens with two attached hydrogens (primary N) is 1. The molecule has 6 nitrogen and oxygen atoms in total. The van der Waals surface area contributed by atoms with Gasteiger partial charge in [-0.2, -0.15) is 8.78 Å². The number of nitrogens with zero attached hydrogens (tertiary/aromatic N) is 2. The number of carbonyl (C=O) groups excluding carboxylic acids is 2. The van der Waals surface area contributed by atoms with Crippen molar-refractivity contribution in [3.63, 3.8) is 0 Å². The quantitative estimate of drug-likeness (QED) is 0.359. The van der Waals surface area contributed by atoms with Gasteiger partial charge in [0.1, 0.15) is 0 Å². The van der Waals surface area contributed by atoms with Crippen LogP contribution < -0.4 is 11.1 Å². The molecule has 1 heterocycles. The zero-order valence-corrected chi connectivity index (χ0v) is 22.7. The summed E-state index contributed by atoms with van der Waals surface area (Å²) >= 11 is 0. The molecule has 0 atom stereocenters. The van der Waals surface area contributed by atoms with Crippen LogP contribution in [0.15, 0.2) is 66.9 Å². The summed E-state index contributed by atoms with van der Waals surface area (Å²) in [6.45, 7) is 3.93. The average Bonchev–Trinajstić information content (AvgIpc) is 2.92. The molecule has 8 heteroatoms. The molecule has 206 valence electrons. The van der Waals surface area contributed by atoms with E-state index in [4.69, 9.17) is 10.7 Å².